The maximum absolute atomic E-state index is 5.97. The topological polar surface area (TPSA) is 56.0 Å². The second-order valence-corrected chi connectivity index (χ2v) is 4.51. The highest BCUT2D eigenvalue weighted by Gasteiger charge is 2.16. The van der Waals surface area contributed by atoms with E-state index in [1.54, 1.807) is 0 Å². The van der Waals surface area contributed by atoms with Gasteiger partial charge >= 0.3 is 0 Å². The minimum atomic E-state index is 0.675. The molecule has 1 aromatic carbocycles. The van der Waals surface area contributed by atoms with Crippen molar-refractivity contribution >= 4 is 23.4 Å². The fourth-order valence-corrected chi connectivity index (χ4v) is 2.04. The first-order valence-electron chi connectivity index (χ1n) is 5.52. The highest BCUT2D eigenvalue weighted by Crippen LogP contribution is 2.18. The van der Waals surface area contributed by atoms with Gasteiger partial charge < -0.3 is 0 Å². The van der Waals surface area contributed by atoms with Gasteiger partial charge in [0, 0.05) is 11.4 Å². The van der Waals surface area contributed by atoms with Crippen molar-refractivity contribution in [2.45, 2.75) is 13.3 Å². The van der Waals surface area contributed by atoms with Crippen LogP contribution in [-0.4, -0.2) is 26.0 Å². The molecular weight excluding hydrogens is 250 g/mol. The van der Waals surface area contributed by atoms with Gasteiger partial charge in [0.1, 0.15) is 0 Å². The van der Waals surface area contributed by atoms with Crippen molar-refractivity contribution in [3.8, 4) is 0 Å². The molecular formula is C12H10ClN5. The molecule has 0 amide bonds. The van der Waals surface area contributed by atoms with Crippen molar-refractivity contribution in [3.63, 3.8) is 0 Å². The van der Waals surface area contributed by atoms with Gasteiger partial charge in [-0.15, -0.1) is 9.89 Å². The zero-order chi connectivity index (χ0) is 12.5. The summed E-state index contributed by atoms with van der Waals surface area (Å²) >= 11 is 5.97. The summed E-state index contributed by atoms with van der Waals surface area (Å²) in [4.78, 5) is 1.46. The molecule has 1 aliphatic rings. The number of fused-ring (bicyclic) bond motifs is 1. The van der Waals surface area contributed by atoms with Crippen molar-refractivity contribution in [2.24, 2.45) is 5.10 Å². The molecule has 1 aliphatic heterocycles. The lowest BCUT2D eigenvalue weighted by Crippen LogP contribution is -2.14. The summed E-state index contributed by atoms with van der Waals surface area (Å²) in [6.45, 7) is 1.95. The molecule has 5 nitrogen and oxygen atoms in total. The van der Waals surface area contributed by atoms with Gasteiger partial charge in [0.05, 0.1) is 5.71 Å². The third kappa shape index (κ3) is 2.04. The van der Waals surface area contributed by atoms with Gasteiger partial charge in [-0.25, -0.2) is 0 Å². The molecule has 18 heavy (non-hydrogen) atoms. The van der Waals surface area contributed by atoms with Crippen molar-refractivity contribution < 1.29 is 0 Å². The van der Waals surface area contributed by atoms with Crippen LogP contribution in [0.1, 0.15) is 18.3 Å². The smallest absolute Gasteiger partial charge is 0.152 e. The summed E-state index contributed by atoms with van der Waals surface area (Å²) < 4.78 is 0. The number of aromatic nitrogens is 4. The molecule has 3 rings (SSSR count). The Bertz CT molecular complexity index is 656. The van der Waals surface area contributed by atoms with Crippen LogP contribution in [0, 0.1) is 0 Å². The molecule has 0 fully saturated rings. The summed E-state index contributed by atoms with van der Waals surface area (Å²) in [6, 6.07) is 7.70. The van der Waals surface area contributed by atoms with Gasteiger partial charge in [-0.3, -0.25) is 0 Å². The minimum absolute atomic E-state index is 0.675. The van der Waals surface area contributed by atoms with Crippen LogP contribution in [0.25, 0.3) is 6.08 Å². The summed E-state index contributed by atoms with van der Waals surface area (Å²) in [6.07, 6.45) is 2.73. The highest BCUT2D eigenvalue weighted by atomic mass is 35.5. The summed E-state index contributed by atoms with van der Waals surface area (Å²) in [5, 5.41) is 16.3. The third-order valence-corrected chi connectivity index (χ3v) is 3.00. The summed E-state index contributed by atoms with van der Waals surface area (Å²) in [5.41, 5.74) is 3.06. The monoisotopic (exact) mass is 259 g/mol. The molecule has 90 valence electrons. The Morgan fingerprint density at radius 2 is 2.28 bits per heavy atom. The third-order valence-electron chi connectivity index (χ3n) is 2.76. The molecule has 0 aliphatic carbocycles. The van der Waals surface area contributed by atoms with Crippen LogP contribution in [-0.2, 0) is 6.42 Å². The van der Waals surface area contributed by atoms with E-state index in [4.69, 9.17) is 11.6 Å². The Labute approximate surface area is 109 Å². The summed E-state index contributed by atoms with van der Waals surface area (Å²) in [5.74, 6) is 0.744. The molecule has 6 heteroatoms. The lowest BCUT2D eigenvalue weighted by atomic mass is 10.0. The number of hydrogen-bond donors (Lipinski definition) is 0. The Balaban J connectivity index is 1.99. The standard InChI is InChI=1S/C12H10ClN5/c1-8-10(5-9-3-2-4-11(13)6-9)7-12-14-16-17-18(12)15-8/h2-6H,7H2,1H3/b10-5+. The number of tetrazole rings is 1. The van der Waals surface area contributed by atoms with E-state index in [1.807, 2.05) is 31.2 Å². The fourth-order valence-electron chi connectivity index (χ4n) is 1.84. The zero-order valence-corrected chi connectivity index (χ0v) is 10.5. The van der Waals surface area contributed by atoms with E-state index in [1.165, 1.54) is 4.79 Å². The van der Waals surface area contributed by atoms with Gasteiger partial charge in [0.25, 0.3) is 0 Å². The first kappa shape index (κ1) is 11.1. The maximum atomic E-state index is 5.97. The van der Waals surface area contributed by atoms with Gasteiger partial charge in [-0.05, 0) is 46.7 Å². The quantitative estimate of drug-likeness (QED) is 0.789. The number of nitrogens with zero attached hydrogens (tertiary/aromatic N) is 5. The molecule has 0 radical (unpaired) electrons. The van der Waals surface area contributed by atoms with Crippen LogP contribution in [0.4, 0.5) is 0 Å². The van der Waals surface area contributed by atoms with Crippen LogP contribution in [0.3, 0.4) is 0 Å². The number of rotatable bonds is 1. The first-order chi connectivity index (χ1) is 8.72. The molecule has 1 aromatic heterocycles. The van der Waals surface area contributed by atoms with E-state index in [0.717, 1.165) is 27.7 Å². The van der Waals surface area contributed by atoms with Crippen LogP contribution >= 0.6 is 11.6 Å². The highest BCUT2D eigenvalue weighted by molar-refractivity contribution is 6.30. The largest absolute Gasteiger partial charge is 0.181 e. The average Bonchev–Trinajstić information content (AvgIpc) is 2.76. The van der Waals surface area contributed by atoms with Crippen LogP contribution in [0.2, 0.25) is 5.02 Å². The minimum Gasteiger partial charge on any atom is -0.152 e. The Hall–Kier alpha value is -2.01. The average molecular weight is 260 g/mol. The van der Waals surface area contributed by atoms with Crippen molar-refractivity contribution in [3.05, 3.63) is 46.2 Å². The maximum Gasteiger partial charge on any atom is 0.181 e. The van der Waals surface area contributed by atoms with E-state index in [9.17, 15) is 0 Å². The van der Waals surface area contributed by atoms with E-state index in [0.29, 0.717) is 6.42 Å². The molecule has 0 unspecified atom stereocenters. The Morgan fingerprint density at radius 1 is 1.39 bits per heavy atom. The first-order valence-corrected chi connectivity index (χ1v) is 5.89. The zero-order valence-electron chi connectivity index (χ0n) is 9.71. The van der Waals surface area contributed by atoms with Crippen molar-refractivity contribution in [1.29, 1.82) is 0 Å². The second kappa shape index (κ2) is 4.34. The molecule has 0 saturated carbocycles. The van der Waals surface area contributed by atoms with Crippen molar-refractivity contribution in [1.82, 2.24) is 20.3 Å². The van der Waals surface area contributed by atoms with E-state index >= 15 is 0 Å². The number of benzene rings is 1. The fraction of sp³-hybridized carbons (Fsp3) is 0.167. The molecule has 0 bridgehead atoms. The lowest BCUT2D eigenvalue weighted by molar-refractivity contribution is 0.655. The Morgan fingerprint density at radius 3 is 3.11 bits per heavy atom. The lowest BCUT2D eigenvalue weighted by Gasteiger charge is -2.11. The SMILES string of the molecule is CC1=Nn2nnnc2C/C1=C\c1cccc(Cl)c1. The predicted octanol–water partition coefficient (Wildman–Crippen LogP) is 2.19. The number of hydrogen-bond acceptors (Lipinski definition) is 4. The normalized spacial score (nSPS) is 16.6. The number of allylic oxidation sites excluding steroid dienone is 1. The van der Waals surface area contributed by atoms with Crippen LogP contribution in [0.15, 0.2) is 34.9 Å². The van der Waals surface area contributed by atoms with Crippen molar-refractivity contribution in [2.75, 3.05) is 0 Å². The van der Waals surface area contributed by atoms with Crippen LogP contribution in [0.5, 0.6) is 0 Å². The van der Waals surface area contributed by atoms with Gasteiger partial charge in [-0.2, -0.15) is 5.10 Å². The van der Waals surface area contributed by atoms with E-state index < -0.39 is 0 Å². The molecule has 2 heterocycles. The van der Waals surface area contributed by atoms with Gasteiger partial charge in [0.2, 0.25) is 0 Å². The number of halogens is 1. The van der Waals surface area contributed by atoms with E-state index in [-0.39, 0.29) is 0 Å². The van der Waals surface area contributed by atoms with Gasteiger partial charge in [-0.1, -0.05) is 23.7 Å². The molecule has 2 aromatic rings. The van der Waals surface area contributed by atoms with Crippen LogP contribution < -0.4 is 0 Å². The Kier molecular flexibility index (Phi) is 2.68. The van der Waals surface area contributed by atoms with Gasteiger partial charge in [0.15, 0.2) is 5.82 Å². The molecule has 0 atom stereocenters. The summed E-state index contributed by atoms with van der Waals surface area (Å²) in [7, 11) is 0. The predicted molar refractivity (Wildman–Crippen MR) is 69.5 cm³/mol. The second-order valence-electron chi connectivity index (χ2n) is 4.07. The molecule has 0 spiro atoms. The molecule has 0 N–H and O–H groups in total. The van der Waals surface area contributed by atoms with E-state index in [2.05, 4.69) is 26.7 Å². The molecule has 0 saturated heterocycles.